The molecule has 0 radical (unpaired) electrons. The van der Waals surface area contributed by atoms with Gasteiger partial charge in [0.25, 0.3) is 0 Å². The van der Waals surface area contributed by atoms with Gasteiger partial charge in [-0.25, -0.2) is 18.0 Å². The number of carboxylic acid groups (broad SMARTS) is 1. The van der Waals surface area contributed by atoms with Crippen molar-refractivity contribution in [3.05, 3.63) is 59.4 Å². The summed E-state index contributed by atoms with van der Waals surface area (Å²) in [4.78, 5) is 11.3. The second-order valence-corrected chi connectivity index (χ2v) is 4.50. The Hall–Kier alpha value is -2.96. The van der Waals surface area contributed by atoms with Crippen molar-refractivity contribution in [3.63, 3.8) is 0 Å². The largest absolute Gasteiger partial charge is 0.497 e. The van der Waals surface area contributed by atoms with Crippen molar-refractivity contribution in [2.45, 2.75) is 0 Å². The van der Waals surface area contributed by atoms with Gasteiger partial charge in [-0.05, 0) is 18.2 Å². The van der Waals surface area contributed by atoms with Gasteiger partial charge in [-0.3, -0.25) is 0 Å². The molecule has 4 nitrogen and oxygen atoms in total. The number of nitrogens with one attached hydrogen (secondary N) is 1. The van der Waals surface area contributed by atoms with Crippen LogP contribution in [0.25, 0.3) is 6.08 Å². The quantitative estimate of drug-likeness (QED) is 0.866. The SMILES string of the molecule is C=Cc1cc(C(=O)O)c(Nc2ccc(OC)cc2F)c(F)c1F. The molecule has 0 aliphatic carbocycles. The molecule has 2 aromatic carbocycles. The van der Waals surface area contributed by atoms with Crippen LogP contribution in [0, 0.1) is 17.5 Å². The number of benzene rings is 2. The fourth-order valence-corrected chi connectivity index (χ4v) is 1.94. The molecule has 0 saturated carbocycles. The predicted molar refractivity (Wildman–Crippen MR) is 79.6 cm³/mol. The number of hydrogen-bond acceptors (Lipinski definition) is 3. The molecule has 0 atom stereocenters. The van der Waals surface area contributed by atoms with E-state index in [4.69, 9.17) is 9.84 Å². The highest BCUT2D eigenvalue weighted by molar-refractivity contribution is 5.96. The number of carbonyl (C=O) groups is 1. The molecule has 0 aliphatic rings. The van der Waals surface area contributed by atoms with Crippen molar-refractivity contribution in [3.8, 4) is 5.75 Å². The highest BCUT2D eigenvalue weighted by Crippen LogP contribution is 2.31. The fourth-order valence-electron chi connectivity index (χ4n) is 1.94. The molecule has 0 heterocycles. The number of halogens is 3. The van der Waals surface area contributed by atoms with Crippen LogP contribution in [0.4, 0.5) is 24.5 Å². The molecule has 0 fully saturated rings. The molecule has 0 aliphatic heterocycles. The van der Waals surface area contributed by atoms with Gasteiger partial charge in [-0.1, -0.05) is 12.7 Å². The van der Waals surface area contributed by atoms with Crippen LogP contribution in [0.15, 0.2) is 30.8 Å². The van der Waals surface area contributed by atoms with Gasteiger partial charge in [0.05, 0.1) is 24.0 Å². The van der Waals surface area contributed by atoms with E-state index in [1.165, 1.54) is 19.2 Å². The average Bonchev–Trinajstić information content (AvgIpc) is 2.53. The maximum atomic E-state index is 14.1. The van der Waals surface area contributed by atoms with Crippen LogP contribution in [0.1, 0.15) is 15.9 Å². The van der Waals surface area contributed by atoms with Crippen molar-refractivity contribution in [1.29, 1.82) is 0 Å². The minimum atomic E-state index is -1.50. The molecule has 23 heavy (non-hydrogen) atoms. The highest BCUT2D eigenvalue weighted by Gasteiger charge is 2.22. The minimum Gasteiger partial charge on any atom is -0.497 e. The van der Waals surface area contributed by atoms with Gasteiger partial charge < -0.3 is 15.2 Å². The van der Waals surface area contributed by atoms with E-state index < -0.39 is 34.7 Å². The summed E-state index contributed by atoms with van der Waals surface area (Å²) >= 11 is 0. The van der Waals surface area contributed by atoms with Crippen molar-refractivity contribution < 1.29 is 27.8 Å². The zero-order valence-corrected chi connectivity index (χ0v) is 12.0. The molecule has 0 bridgehead atoms. The van der Waals surface area contributed by atoms with Gasteiger partial charge in [0.2, 0.25) is 0 Å². The molecule has 2 rings (SSSR count). The van der Waals surface area contributed by atoms with E-state index in [2.05, 4.69) is 11.9 Å². The van der Waals surface area contributed by atoms with Gasteiger partial charge in [-0.2, -0.15) is 0 Å². The van der Waals surface area contributed by atoms with Gasteiger partial charge >= 0.3 is 5.97 Å². The number of anilines is 2. The Morgan fingerprint density at radius 1 is 1.26 bits per heavy atom. The van der Waals surface area contributed by atoms with Crippen LogP contribution in [0.3, 0.4) is 0 Å². The van der Waals surface area contributed by atoms with Crippen LogP contribution < -0.4 is 10.1 Å². The van der Waals surface area contributed by atoms with E-state index >= 15 is 0 Å². The Morgan fingerprint density at radius 2 is 1.96 bits per heavy atom. The topological polar surface area (TPSA) is 58.6 Å². The molecule has 7 heteroatoms. The number of rotatable bonds is 5. The van der Waals surface area contributed by atoms with E-state index in [0.717, 1.165) is 18.2 Å². The molecule has 0 spiro atoms. The van der Waals surface area contributed by atoms with Crippen LogP contribution in [0.2, 0.25) is 0 Å². The molecule has 2 N–H and O–H groups in total. The third kappa shape index (κ3) is 3.13. The lowest BCUT2D eigenvalue weighted by Crippen LogP contribution is -2.09. The molecule has 0 saturated heterocycles. The number of aromatic carboxylic acids is 1. The Balaban J connectivity index is 2.57. The Bertz CT molecular complexity index is 791. The van der Waals surface area contributed by atoms with Crippen LogP contribution in [-0.2, 0) is 0 Å². The van der Waals surface area contributed by atoms with Crippen molar-refractivity contribution >= 4 is 23.4 Å². The van der Waals surface area contributed by atoms with Crippen LogP contribution in [0.5, 0.6) is 5.75 Å². The van der Waals surface area contributed by atoms with E-state index in [1.807, 2.05) is 0 Å². The van der Waals surface area contributed by atoms with Crippen molar-refractivity contribution in [2.75, 3.05) is 12.4 Å². The first-order valence-corrected chi connectivity index (χ1v) is 6.37. The zero-order chi connectivity index (χ0) is 17.1. The molecular formula is C16H12F3NO3. The predicted octanol–water partition coefficient (Wildman–Crippen LogP) is 4.20. The summed E-state index contributed by atoms with van der Waals surface area (Å²) < 4.78 is 46.7. The van der Waals surface area contributed by atoms with E-state index in [-0.39, 0.29) is 17.0 Å². The third-order valence-corrected chi connectivity index (χ3v) is 3.12. The Kier molecular flexibility index (Phi) is 4.59. The first-order chi connectivity index (χ1) is 10.9. The summed E-state index contributed by atoms with van der Waals surface area (Å²) in [5.74, 6) is -4.80. The van der Waals surface area contributed by atoms with E-state index in [0.29, 0.717) is 0 Å². The zero-order valence-electron chi connectivity index (χ0n) is 12.0. The molecule has 0 unspecified atom stereocenters. The standard InChI is InChI=1S/C16H12F3NO3/c1-3-8-6-10(16(21)22)15(14(19)13(8)18)20-12-5-4-9(23-2)7-11(12)17/h3-7,20H,1H2,2H3,(H,21,22). The molecule has 0 amide bonds. The lowest BCUT2D eigenvalue weighted by atomic mass is 10.1. The summed E-state index contributed by atoms with van der Waals surface area (Å²) in [6.07, 6.45) is 0.989. The third-order valence-electron chi connectivity index (χ3n) is 3.12. The smallest absolute Gasteiger partial charge is 0.337 e. The van der Waals surface area contributed by atoms with Crippen LogP contribution in [-0.4, -0.2) is 18.2 Å². The van der Waals surface area contributed by atoms with E-state index in [9.17, 15) is 18.0 Å². The molecule has 120 valence electrons. The van der Waals surface area contributed by atoms with Gasteiger partial charge in [0, 0.05) is 11.6 Å². The first-order valence-electron chi connectivity index (χ1n) is 6.37. The monoisotopic (exact) mass is 323 g/mol. The van der Waals surface area contributed by atoms with Gasteiger partial charge in [0.1, 0.15) is 11.6 Å². The maximum absolute atomic E-state index is 14.1. The van der Waals surface area contributed by atoms with Crippen molar-refractivity contribution in [1.82, 2.24) is 0 Å². The Morgan fingerprint density at radius 3 is 2.48 bits per heavy atom. The maximum Gasteiger partial charge on any atom is 0.337 e. The average molecular weight is 323 g/mol. The lowest BCUT2D eigenvalue weighted by Gasteiger charge is -2.14. The lowest BCUT2D eigenvalue weighted by molar-refractivity contribution is 0.0697. The minimum absolute atomic E-state index is 0.222. The second kappa shape index (κ2) is 6.43. The van der Waals surface area contributed by atoms with Crippen LogP contribution >= 0.6 is 0 Å². The number of ether oxygens (including phenoxy) is 1. The number of methoxy groups -OCH3 is 1. The van der Waals surface area contributed by atoms with Gasteiger partial charge in [-0.15, -0.1) is 0 Å². The number of hydrogen-bond donors (Lipinski definition) is 2. The molecule has 0 aromatic heterocycles. The van der Waals surface area contributed by atoms with E-state index in [1.54, 1.807) is 0 Å². The summed E-state index contributed by atoms with van der Waals surface area (Å²) in [6, 6.07) is 4.55. The normalized spacial score (nSPS) is 10.3. The highest BCUT2D eigenvalue weighted by atomic mass is 19.2. The van der Waals surface area contributed by atoms with Crippen molar-refractivity contribution in [2.24, 2.45) is 0 Å². The summed E-state index contributed by atoms with van der Waals surface area (Å²) in [7, 11) is 1.34. The summed E-state index contributed by atoms with van der Waals surface area (Å²) in [5.41, 5.74) is -1.75. The number of carboxylic acids is 1. The Labute approximate surface area is 129 Å². The first kappa shape index (κ1) is 16.4. The molecule has 2 aromatic rings. The second-order valence-electron chi connectivity index (χ2n) is 4.50. The summed E-state index contributed by atoms with van der Waals surface area (Å²) in [6.45, 7) is 3.29. The van der Waals surface area contributed by atoms with Gasteiger partial charge in [0.15, 0.2) is 11.6 Å². The molecular weight excluding hydrogens is 311 g/mol. The fraction of sp³-hybridized carbons (Fsp3) is 0.0625. The summed E-state index contributed by atoms with van der Waals surface area (Å²) in [5, 5.41) is 11.4.